The van der Waals surface area contributed by atoms with Gasteiger partial charge in [-0.1, -0.05) is 389 Å². The van der Waals surface area contributed by atoms with Crippen LogP contribution in [0.1, 0.15) is 425 Å². The SMILES string of the molecule is CCCCCCC/C=C\C/C=C\C/C=C\CCCCCCCCCCCCCCCCCCCCCCCCCCCCC(=O)OC(COC(=O)CCCCCCCCCCCCCCCCCCCCC/C=C\C/C=C\CCCCCCC)COC(OCC[N+](C)(C)C)C(=O)O. The van der Waals surface area contributed by atoms with Crippen LogP contribution >= 0.6 is 0 Å². The third-order valence-electron chi connectivity index (χ3n) is 19.2. The average molecular weight is 1360 g/mol. The van der Waals surface area contributed by atoms with Gasteiger partial charge in [-0.25, -0.2) is 4.79 Å². The van der Waals surface area contributed by atoms with Gasteiger partial charge in [0, 0.05) is 12.8 Å². The van der Waals surface area contributed by atoms with Crippen molar-refractivity contribution in [2.45, 2.75) is 437 Å². The number of unbranched alkanes of at least 4 members (excludes halogenated alkanes) is 55. The Labute approximate surface area is 603 Å². The molecule has 0 spiro atoms. The molecule has 0 saturated carbocycles. The zero-order chi connectivity index (χ0) is 70.4. The summed E-state index contributed by atoms with van der Waals surface area (Å²) in [6.07, 6.45) is 103. The van der Waals surface area contributed by atoms with Gasteiger partial charge < -0.3 is 28.5 Å². The number of hydrogen-bond acceptors (Lipinski definition) is 7. The fraction of sp³-hybridized carbons (Fsp3) is 0.852. The first-order chi connectivity index (χ1) is 47.6. The zero-order valence-electron chi connectivity index (χ0n) is 65.3. The predicted octanol–water partition coefficient (Wildman–Crippen LogP) is 27.4. The van der Waals surface area contributed by atoms with Crippen LogP contribution in [0.3, 0.4) is 0 Å². The quantitative estimate of drug-likeness (QED) is 0.0211. The Hall–Kier alpha value is -3.01. The van der Waals surface area contributed by atoms with Crippen molar-refractivity contribution in [1.82, 2.24) is 0 Å². The van der Waals surface area contributed by atoms with Gasteiger partial charge in [-0.3, -0.25) is 9.59 Å². The average Bonchev–Trinajstić information content (AvgIpc) is 3.27. The third-order valence-corrected chi connectivity index (χ3v) is 19.2. The molecule has 0 saturated heterocycles. The standard InChI is InChI=1S/C88H163NO8/c1-6-8-10-12-14-16-18-20-22-24-26-28-30-32-34-36-38-39-40-41-42-43-44-45-46-47-49-51-53-55-57-59-61-63-65-67-69-71-73-75-77-79-86(91)97-84(83-96-88(87(92)93)94-81-80-89(3,4)5)82-95-85(90)78-76-74-72-70-68-66-64-62-60-58-56-54-52-50-48-37-35-33-31-29-27-25-23-21-19-17-15-13-11-9-7-2/h18-21,24-27,30,32,84,88H,6-17,22-23,28-29,31,33-83H2,1-5H3/p+1/b20-18-,21-19-,26-24-,27-25-,32-30-. The number of hydrogen-bond donors (Lipinski definition) is 1. The molecule has 0 bridgehead atoms. The lowest BCUT2D eigenvalue weighted by molar-refractivity contribution is -0.870. The number of ether oxygens (including phenoxy) is 4. The zero-order valence-corrected chi connectivity index (χ0v) is 65.3. The fourth-order valence-corrected chi connectivity index (χ4v) is 12.8. The van der Waals surface area contributed by atoms with E-state index in [1.54, 1.807) is 0 Å². The normalized spacial score (nSPS) is 12.9. The van der Waals surface area contributed by atoms with Crippen molar-refractivity contribution in [2.75, 3.05) is 47.5 Å². The summed E-state index contributed by atoms with van der Waals surface area (Å²) in [5.41, 5.74) is 0. The van der Waals surface area contributed by atoms with Crippen molar-refractivity contribution in [3.8, 4) is 0 Å². The molecule has 0 amide bonds. The molecule has 0 fully saturated rings. The molecule has 0 radical (unpaired) electrons. The number of quaternary nitrogens is 1. The first kappa shape index (κ1) is 94.0. The maximum absolute atomic E-state index is 13.0. The summed E-state index contributed by atoms with van der Waals surface area (Å²) in [5.74, 6) is -1.97. The van der Waals surface area contributed by atoms with Crippen molar-refractivity contribution in [1.29, 1.82) is 0 Å². The van der Waals surface area contributed by atoms with Crippen LogP contribution in [-0.2, 0) is 33.3 Å². The maximum atomic E-state index is 13.0. The van der Waals surface area contributed by atoms with E-state index >= 15 is 0 Å². The molecule has 0 aliphatic rings. The van der Waals surface area contributed by atoms with Gasteiger partial charge in [0.05, 0.1) is 34.4 Å². The molecule has 0 aromatic carbocycles. The van der Waals surface area contributed by atoms with E-state index in [0.717, 1.165) is 57.8 Å². The molecule has 568 valence electrons. The number of likely N-dealkylation sites (N-methyl/N-ethyl adjacent to an activating group) is 1. The summed E-state index contributed by atoms with van der Waals surface area (Å²) < 4.78 is 23.1. The first-order valence-electron chi connectivity index (χ1n) is 42.5. The van der Waals surface area contributed by atoms with Gasteiger partial charge >= 0.3 is 17.9 Å². The van der Waals surface area contributed by atoms with Gasteiger partial charge in [-0.05, 0) is 83.5 Å². The second kappa shape index (κ2) is 78.7. The van der Waals surface area contributed by atoms with Gasteiger partial charge in [0.1, 0.15) is 13.2 Å². The first-order valence-corrected chi connectivity index (χ1v) is 42.5. The summed E-state index contributed by atoms with van der Waals surface area (Å²) in [4.78, 5) is 37.8. The number of carboxylic acids is 1. The lowest BCUT2D eigenvalue weighted by Crippen LogP contribution is -2.40. The van der Waals surface area contributed by atoms with Crippen LogP contribution in [0.25, 0.3) is 0 Å². The minimum Gasteiger partial charge on any atom is -0.477 e. The molecule has 9 nitrogen and oxygen atoms in total. The Kier molecular flexibility index (Phi) is 76.3. The van der Waals surface area contributed by atoms with E-state index < -0.39 is 18.4 Å². The topological polar surface area (TPSA) is 108 Å². The summed E-state index contributed by atoms with van der Waals surface area (Å²) in [5, 5.41) is 9.78. The number of carboxylic acid groups (broad SMARTS) is 1. The Bertz CT molecular complexity index is 1780. The van der Waals surface area contributed by atoms with Crippen LogP contribution in [0.5, 0.6) is 0 Å². The number of esters is 2. The molecule has 0 aliphatic heterocycles. The molecule has 0 heterocycles. The second-order valence-corrected chi connectivity index (χ2v) is 30.1. The van der Waals surface area contributed by atoms with Gasteiger partial charge in [-0.15, -0.1) is 0 Å². The minimum atomic E-state index is -1.51. The van der Waals surface area contributed by atoms with Crippen LogP contribution in [0.15, 0.2) is 60.8 Å². The van der Waals surface area contributed by atoms with Gasteiger partial charge in [0.15, 0.2) is 6.10 Å². The number of nitrogens with zero attached hydrogens (tertiary/aromatic N) is 1. The molecule has 2 unspecified atom stereocenters. The van der Waals surface area contributed by atoms with Crippen LogP contribution in [-0.4, -0.2) is 87.4 Å². The molecular formula is C88H164NO8+. The van der Waals surface area contributed by atoms with E-state index in [0.29, 0.717) is 17.4 Å². The lowest BCUT2D eigenvalue weighted by atomic mass is 10.0. The van der Waals surface area contributed by atoms with Crippen molar-refractivity contribution >= 4 is 17.9 Å². The Morgan fingerprint density at radius 2 is 0.557 bits per heavy atom. The van der Waals surface area contributed by atoms with E-state index in [4.69, 9.17) is 18.9 Å². The van der Waals surface area contributed by atoms with Gasteiger partial charge in [0.25, 0.3) is 6.29 Å². The van der Waals surface area contributed by atoms with Crippen LogP contribution < -0.4 is 0 Å². The van der Waals surface area contributed by atoms with Crippen molar-refractivity contribution < 1.29 is 42.9 Å². The van der Waals surface area contributed by atoms with Crippen molar-refractivity contribution in [3.63, 3.8) is 0 Å². The largest absolute Gasteiger partial charge is 0.477 e. The highest BCUT2D eigenvalue weighted by Gasteiger charge is 2.25. The summed E-state index contributed by atoms with van der Waals surface area (Å²) >= 11 is 0. The summed E-state index contributed by atoms with van der Waals surface area (Å²) in [6.45, 7) is 4.93. The highest BCUT2D eigenvalue weighted by molar-refractivity contribution is 5.71. The Morgan fingerprint density at radius 3 is 0.825 bits per heavy atom. The smallest absolute Gasteiger partial charge is 0.361 e. The number of allylic oxidation sites excluding steroid dienone is 10. The molecule has 0 rings (SSSR count). The van der Waals surface area contributed by atoms with Crippen LogP contribution in [0, 0.1) is 0 Å². The fourth-order valence-electron chi connectivity index (χ4n) is 12.8. The van der Waals surface area contributed by atoms with E-state index in [1.807, 2.05) is 21.1 Å². The minimum absolute atomic E-state index is 0.177. The monoisotopic (exact) mass is 1360 g/mol. The molecule has 0 aromatic heterocycles. The number of carbonyl (C=O) groups excluding carboxylic acids is 2. The molecule has 2 atom stereocenters. The highest BCUT2D eigenvalue weighted by atomic mass is 16.7. The molecule has 9 heteroatoms. The molecule has 0 aliphatic carbocycles. The van der Waals surface area contributed by atoms with Crippen LogP contribution in [0.4, 0.5) is 0 Å². The number of carbonyl (C=O) groups is 3. The summed E-state index contributed by atoms with van der Waals surface area (Å²) in [7, 11) is 6.00. The molecular weight excluding hydrogens is 1200 g/mol. The molecule has 97 heavy (non-hydrogen) atoms. The Balaban J connectivity index is 3.93. The number of rotatable bonds is 80. The van der Waals surface area contributed by atoms with E-state index in [-0.39, 0.29) is 38.2 Å². The highest BCUT2D eigenvalue weighted by Crippen LogP contribution is 2.20. The van der Waals surface area contributed by atoms with Gasteiger partial charge in [0.2, 0.25) is 0 Å². The molecule has 1 N–H and O–H groups in total. The van der Waals surface area contributed by atoms with E-state index in [9.17, 15) is 19.5 Å². The van der Waals surface area contributed by atoms with Crippen molar-refractivity contribution in [3.05, 3.63) is 60.8 Å². The van der Waals surface area contributed by atoms with E-state index in [2.05, 4.69) is 74.6 Å². The predicted molar refractivity (Wildman–Crippen MR) is 420 cm³/mol. The lowest BCUT2D eigenvalue weighted by Gasteiger charge is -2.25. The van der Waals surface area contributed by atoms with Crippen molar-refractivity contribution in [2.24, 2.45) is 0 Å². The third kappa shape index (κ3) is 80.2. The maximum Gasteiger partial charge on any atom is 0.361 e. The van der Waals surface area contributed by atoms with E-state index in [1.165, 1.54) is 340 Å². The Morgan fingerprint density at radius 1 is 0.309 bits per heavy atom. The number of aliphatic carboxylic acids is 1. The second-order valence-electron chi connectivity index (χ2n) is 30.1. The molecule has 0 aromatic rings. The van der Waals surface area contributed by atoms with Crippen LogP contribution in [0.2, 0.25) is 0 Å². The summed E-state index contributed by atoms with van der Waals surface area (Å²) in [6, 6.07) is 0. The van der Waals surface area contributed by atoms with Gasteiger partial charge in [-0.2, -0.15) is 0 Å².